The molecule has 0 saturated heterocycles. The van der Waals surface area contributed by atoms with Gasteiger partial charge in [-0.25, -0.2) is 0 Å². The topological polar surface area (TPSA) is 62.3 Å². The lowest BCUT2D eigenvalue weighted by Gasteiger charge is -2.28. The Bertz CT molecular complexity index is 758. The SMILES string of the molecule is CCCNC(=O)c1cncc(C(=O)N2CCc3ccccc3C2)c1. The van der Waals surface area contributed by atoms with Gasteiger partial charge in [0.2, 0.25) is 0 Å². The van der Waals surface area contributed by atoms with Crippen molar-refractivity contribution >= 4 is 11.8 Å². The standard InChI is InChI=1S/C19H21N3O2/c1-2-8-21-18(23)16-10-17(12-20-11-16)19(24)22-9-7-14-5-3-4-6-15(14)13-22/h3-6,10-12H,2,7-9,13H2,1H3,(H,21,23). The van der Waals surface area contributed by atoms with E-state index < -0.39 is 0 Å². The summed E-state index contributed by atoms with van der Waals surface area (Å²) in [5, 5.41) is 2.80. The van der Waals surface area contributed by atoms with Crippen molar-refractivity contribution in [2.24, 2.45) is 0 Å². The summed E-state index contributed by atoms with van der Waals surface area (Å²) >= 11 is 0. The molecule has 0 saturated carbocycles. The maximum absolute atomic E-state index is 12.8. The zero-order valence-corrected chi connectivity index (χ0v) is 13.8. The Morgan fingerprint density at radius 1 is 1.17 bits per heavy atom. The number of nitrogens with one attached hydrogen (secondary N) is 1. The van der Waals surface area contributed by atoms with Crippen molar-refractivity contribution in [3.05, 3.63) is 65.0 Å². The van der Waals surface area contributed by atoms with Crippen LogP contribution in [0, 0.1) is 0 Å². The van der Waals surface area contributed by atoms with E-state index >= 15 is 0 Å². The highest BCUT2D eigenvalue weighted by molar-refractivity contribution is 5.99. The third-order valence-corrected chi connectivity index (χ3v) is 4.20. The van der Waals surface area contributed by atoms with Crippen LogP contribution in [0.1, 0.15) is 45.2 Å². The fourth-order valence-electron chi connectivity index (χ4n) is 2.87. The summed E-state index contributed by atoms with van der Waals surface area (Å²) in [6.07, 6.45) is 4.74. The number of fused-ring (bicyclic) bond motifs is 1. The van der Waals surface area contributed by atoms with Crippen molar-refractivity contribution in [3.63, 3.8) is 0 Å². The van der Waals surface area contributed by atoms with Crippen LogP contribution in [-0.4, -0.2) is 34.8 Å². The highest BCUT2D eigenvalue weighted by atomic mass is 16.2. The molecule has 3 rings (SSSR count). The van der Waals surface area contributed by atoms with E-state index in [0.717, 1.165) is 12.8 Å². The zero-order valence-electron chi connectivity index (χ0n) is 13.8. The van der Waals surface area contributed by atoms with Crippen LogP contribution in [0.25, 0.3) is 0 Å². The summed E-state index contributed by atoms with van der Waals surface area (Å²) in [4.78, 5) is 30.7. The summed E-state index contributed by atoms with van der Waals surface area (Å²) in [7, 11) is 0. The van der Waals surface area contributed by atoms with Crippen molar-refractivity contribution in [1.82, 2.24) is 15.2 Å². The van der Waals surface area contributed by atoms with Crippen LogP contribution in [0.15, 0.2) is 42.7 Å². The lowest BCUT2D eigenvalue weighted by Crippen LogP contribution is -2.36. The Morgan fingerprint density at radius 2 is 1.92 bits per heavy atom. The molecule has 2 aromatic rings. The van der Waals surface area contributed by atoms with Crippen LogP contribution in [-0.2, 0) is 13.0 Å². The summed E-state index contributed by atoms with van der Waals surface area (Å²) in [6.45, 7) is 3.88. The Balaban J connectivity index is 1.75. The molecule has 5 nitrogen and oxygen atoms in total. The van der Waals surface area contributed by atoms with E-state index in [2.05, 4.69) is 22.4 Å². The van der Waals surface area contributed by atoms with E-state index in [0.29, 0.717) is 30.8 Å². The van der Waals surface area contributed by atoms with Gasteiger partial charge < -0.3 is 10.2 Å². The van der Waals surface area contributed by atoms with Crippen molar-refractivity contribution in [1.29, 1.82) is 0 Å². The van der Waals surface area contributed by atoms with Crippen LogP contribution in [0.2, 0.25) is 0 Å². The molecule has 1 aliphatic heterocycles. The molecule has 1 N–H and O–H groups in total. The third kappa shape index (κ3) is 3.45. The Hall–Kier alpha value is -2.69. The van der Waals surface area contributed by atoms with Crippen molar-refractivity contribution < 1.29 is 9.59 Å². The number of carbonyl (C=O) groups is 2. The number of nitrogens with zero attached hydrogens (tertiary/aromatic N) is 2. The van der Waals surface area contributed by atoms with Gasteiger partial charge in [-0.1, -0.05) is 31.2 Å². The van der Waals surface area contributed by atoms with Crippen LogP contribution >= 0.6 is 0 Å². The predicted octanol–water partition coefficient (Wildman–Crippen LogP) is 2.42. The molecule has 5 heteroatoms. The molecular formula is C19H21N3O2. The first-order chi connectivity index (χ1) is 11.7. The highest BCUT2D eigenvalue weighted by Crippen LogP contribution is 2.20. The van der Waals surface area contributed by atoms with E-state index in [1.807, 2.05) is 24.0 Å². The molecule has 0 unspecified atom stereocenters. The molecule has 1 aromatic heterocycles. The van der Waals surface area contributed by atoms with Crippen LogP contribution in [0.5, 0.6) is 0 Å². The molecule has 0 bridgehead atoms. The molecule has 24 heavy (non-hydrogen) atoms. The van der Waals surface area contributed by atoms with E-state index in [4.69, 9.17) is 0 Å². The van der Waals surface area contributed by atoms with Crippen LogP contribution < -0.4 is 5.32 Å². The normalized spacial score (nSPS) is 13.3. The van der Waals surface area contributed by atoms with Gasteiger partial charge in [0.1, 0.15) is 0 Å². The number of rotatable bonds is 4. The van der Waals surface area contributed by atoms with E-state index in [1.54, 1.807) is 6.07 Å². The first kappa shape index (κ1) is 16.2. The van der Waals surface area contributed by atoms with Crippen molar-refractivity contribution in [2.45, 2.75) is 26.3 Å². The van der Waals surface area contributed by atoms with Gasteiger partial charge >= 0.3 is 0 Å². The van der Waals surface area contributed by atoms with Gasteiger partial charge in [0.05, 0.1) is 11.1 Å². The first-order valence-electron chi connectivity index (χ1n) is 8.28. The molecule has 0 radical (unpaired) electrons. The van der Waals surface area contributed by atoms with Gasteiger partial charge in [-0.2, -0.15) is 0 Å². The quantitative estimate of drug-likeness (QED) is 0.940. The molecule has 1 aromatic carbocycles. The number of amides is 2. The predicted molar refractivity (Wildman–Crippen MR) is 91.7 cm³/mol. The van der Waals surface area contributed by atoms with E-state index in [9.17, 15) is 9.59 Å². The van der Waals surface area contributed by atoms with Gasteiger partial charge in [0.15, 0.2) is 0 Å². The fourth-order valence-corrected chi connectivity index (χ4v) is 2.87. The molecule has 124 valence electrons. The lowest BCUT2D eigenvalue weighted by atomic mass is 9.99. The van der Waals surface area contributed by atoms with Gasteiger partial charge in [0.25, 0.3) is 11.8 Å². The van der Waals surface area contributed by atoms with Crippen molar-refractivity contribution in [2.75, 3.05) is 13.1 Å². The van der Waals surface area contributed by atoms with Crippen LogP contribution in [0.4, 0.5) is 0 Å². The number of hydrogen-bond donors (Lipinski definition) is 1. The largest absolute Gasteiger partial charge is 0.352 e. The summed E-state index contributed by atoms with van der Waals surface area (Å²) < 4.78 is 0. The minimum absolute atomic E-state index is 0.0813. The minimum Gasteiger partial charge on any atom is -0.352 e. The Kier molecular flexibility index (Phi) is 4.89. The second-order valence-corrected chi connectivity index (χ2v) is 5.96. The van der Waals surface area contributed by atoms with Crippen LogP contribution in [0.3, 0.4) is 0 Å². The molecule has 1 aliphatic rings. The Morgan fingerprint density at radius 3 is 2.71 bits per heavy atom. The Labute approximate surface area is 141 Å². The van der Waals surface area contributed by atoms with Gasteiger partial charge in [-0.3, -0.25) is 14.6 Å². The molecule has 0 spiro atoms. The lowest BCUT2D eigenvalue weighted by molar-refractivity contribution is 0.0734. The maximum atomic E-state index is 12.8. The second kappa shape index (κ2) is 7.25. The molecule has 2 heterocycles. The first-order valence-corrected chi connectivity index (χ1v) is 8.28. The second-order valence-electron chi connectivity index (χ2n) is 5.96. The van der Waals surface area contributed by atoms with Gasteiger partial charge in [-0.05, 0) is 30.0 Å². The average Bonchev–Trinajstić information content (AvgIpc) is 2.65. The molecule has 0 aliphatic carbocycles. The number of hydrogen-bond acceptors (Lipinski definition) is 3. The molecule has 0 fully saturated rings. The van der Waals surface area contributed by atoms with Gasteiger partial charge in [0, 0.05) is 32.0 Å². The van der Waals surface area contributed by atoms with E-state index in [1.165, 1.54) is 23.5 Å². The monoisotopic (exact) mass is 323 g/mol. The number of aromatic nitrogens is 1. The smallest absolute Gasteiger partial charge is 0.255 e. The summed E-state index contributed by atoms with van der Waals surface area (Å²) in [5.74, 6) is -0.273. The number of carbonyl (C=O) groups excluding carboxylic acids is 2. The summed E-state index contributed by atoms with van der Waals surface area (Å²) in [5.41, 5.74) is 3.36. The molecule has 0 atom stereocenters. The van der Waals surface area contributed by atoms with Crippen molar-refractivity contribution in [3.8, 4) is 0 Å². The third-order valence-electron chi connectivity index (χ3n) is 4.20. The molecule has 2 amide bonds. The fraction of sp³-hybridized carbons (Fsp3) is 0.316. The highest BCUT2D eigenvalue weighted by Gasteiger charge is 2.22. The maximum Gasteiger partial charge on any atom is 0.255 e. The summed E-state index contributed by atoms with van der Waals surface area (Å²) in [6, 6.07) is 9.81. The van der Waals surface area contributed by atoms with E-state index in [-0.39, 0.29) is 11.8 Å². The zero-order chi connectivity index (χ0) is 16.9. The average molecular weight is 323 g/mol. The minimum atomic E-state index is -0.192. The van der Waals surface area contributed by atoms with Gasteiger partial charge in [-0.15, -0.1) is 0 Å². The number of benzene rings is 1. The molecular weight excluding hydrogens is 302 g/mol. The number of pyridine rings is 1.